The third-order valence-electron chi connectivity index (χ3n) is 3.76. The summed E-state index contributed by atoms with van der Waals surface area (Å²) in [6.07, 6.45) is 2.35. The van der Waals surface area contributed by atoms with Crippen LogP contribution in [0.25, 0.3) is 11.3 Å². The van der Waals surface area contributed by atoms with Crippen molar-refractivity contribution in [1.29, 1.82) is 0 Å². The zero-order valence-corrected chi connectivity index (χ0v) is 14.9. The number of benzene rings is 2. The first-order chi connectivity index (χ1) is 12.1. The molecule has 25 heavy (non-hydrogen) atoms. The van der Waals surface area contributed by atoms with Crippen LogP contribution < -0.4 is 5.32 Å². The first kappa shape index (κ1) is 17.4. The van der Waals surface area contributed by atoms with E-state index in [4.69, 9.17) is 4.52 Å². The lowest BCUT2D eigenvalue weighted by molar-refractivity contribution is -0.121. The maximum absolute atomic E-state index is 13.0. The molecule has 0 radical (unpaired) electrons. The Morgan fingerprint density at radius 3 is 2.76 bits per heavy atom. The summed E-state index contributed by atoms with van der Waals surface area (Å²) in [6, 6.07) is 13.8. The minimum atomic E-state index is -0.305. The molecule has 1 amide bonds. The zero-order chi connectivity index (χ0) is 17.6. The number of hydrogen-bond donors (Lipinski definition) is 1. The Hall–Kier alpha value is -2.47. The maximum atomic E-state index is 13.0. The predicted molar refractivity (Wildman–Crippen MR) is 96.2 cm³/mol. The maximum Gasteiger partial charge on any atom is 0.220 e. The third kappa shape index (κ3) is 4.76. The van der Waals surface area contributed by atoms with Crippen molar-refractivity contribution in [2.24, 2.45) is 0 Å². The van der Waals surface area contributed by atoms with Crippen LogP contribution in [0.5, 0.6) is 0 Å². The summed E-state index contributed by atoms with van der Waals surface area (Å²) in [4.78, 5) is 12.1. The standard InChI is InChI=1S/C19H16BrFN2O2/c20-16-3-1-2-13(10-16)11-22-18(24)9-6-15-12-25-23-19(15)14-4-7-17(21)8-5-14/h1-5,7-8,10,12H,6,9,11H2,(H,22,24). The van der Waals surface area contributed by atoms with Crippen molar-refractivity contribution < 1.29 is 13.7 Å². The lowest BCUT2D eigenvalue weighted by atomic mass is 10.0. The lowest BCUT2D eigenvalue weighted by Gasteiger charge is -2.06. The normalized spacial score (nSPS) is 10.6. The fourth-order valence-electron chi connectivity index (χ4n) is 2.46. The van der Waals surface area contributed by atoms with Crippen molar-refractivity contribution in [3.05, 3.63) is 76.2 Å². The van der Waals surface area contributed by atoms with E-state index in [1.54, 1.807) is 12.1 Å². The molecule has 1 heterocycles. The summed E-state index contributed by atoms with van der Waals surface area (Å²) in [5.74, 6) is -0.355. The molecular weight excluding hydrogens is 387 g/mol. The highest BCUT2D eigenvalue weighted by Crippen LogP contribution is 2.23. The third-order valence-corrected chi connectivity index (χ3v) is 4.25. The Labute approximate surface area is 153 Å². The topological polar surface area (TPSA) is 55.1 Å². The monoisotopic (exact) mass is 402 g/mol. The van der Waals surface area contributed by atoms with Crippen LogP contribution in [0.1, 0.15) is 17.5 Å². The van der Waals surface area contributed by atoms with Crippen molar-refractivity contribution in [3.63, 3.8) is 0 Å². The Bertz CT molecular complexity index is 862. The minimum absolute atomic E-state index is 0.0498. The fourth-order valence-corrected chi connectivity index (χ4v) is 2.91. The number of halogens is 2. The van der Waals surface area contributed by atoms with E-state index in [1.807, 2.05) is 24.3 Å². The molecule has 0 spiro atoms. The molecular formula is C19H16BrFN2O2. The van der Waals surface area contributed by atoms with Gasteiger partial charge in [0.05, 0.1) is 0 Å². The van der Waals surface area contributed by atoms with Gasteiger partial charge in [-0.05, 0) is 48.4 Å². The van der Waals surface area contributed by atoms with Crippen molar-refractivity contribution in [1.82, 2.24) is 10.5 Å². The Balaban J connectivity index is 1.56. The van der Waals surface area contributed by atoms with E-state index >= 15 is 0 Å². The van der Waals surface area contributed by atoms with Crippen molar-refractivity contribution in [2.75, 3.05) is 0 Å². The van der Waals surface area contributed by atoms with Crippen molar-refractivity contribution >= 4 is 21.8 Å². The van der Waals surface area contributed by atoms with Gasteiger partial charge in [0, 0.05) is 28.6 Å². The highest BCUT2D eigenvalue weighted by atomic mass is 79.9. The van der Waals surface area contributed by atoms with Crippen LogP contribution in [0.2, 0.25) is 0 Å². The summed E-state index contributed by atoms with van der Waals surface area (Å²) in [7, 11) is 0. The van der Waals surface area contributed by atoms with E-state index in [9.17, 15) is 9.18 Å². The fraction of sp³-hybridized carbons (Fsp3) is 0.158. The second kappa shape index (κ2) is 8.07. The Morgan fingerprint density at radius 2 is 2.00 bits per heavy atom. The van der Waals surface area contributed by atoms with Crippen LogP contribution in [-0.4, -0.2) is 11.1 Å². The van der Waals surface area contributed by atoms with Gasteiger partial charge in [-0.3, -0.25) is 4.79 Å². The molecule has 6 heteroatoms. The number of nitrogens with one attached hydrogen (secondary N) is 1. The highest BCUT2D eigenvalue weighted by molar-refractivity contribution is 9.10. The van der Waals surface area contributed by atoms with Gasteiger partial charge >= 0.3 is 0 Å². The molecule has 0 aliphatic rings. The average molecular weight is 403 g/mol. The minimum Gasteiger partial charge on any atom is -0.364 e. The molecule has 2 aromatic carbocycles. The molecule has 0 saturated heterocycles. The number of nitrogens with zero attached hydrogens (tertiary/aromatic N) is 1. The van der Waals surface area contributed by atoms with E-state index in [0.717, 1.165) is 21.2 Å². The highest BCUT2D eigenvalue weighted by Gasteiger charge is 2.12. The lowest BCUT2D eigenvalue weighted by Crippen LogP contribution is -2.23. The van der Waals surface area contributed by atoms with Crippen LogP contribution in [0.4, 0.5) is 4.39 Å². The van der Waals surface area contributed by atoms with Gasteiger partial charge < -0.3 is 9.84 Å². The number of hydrogen-bond acceptors (Lipinski definition) is 3. The number of carbonyl (C=O) groups is 1. The van der Waals surface area contributed by atoms with Gasteiger partial charge in [0.15, 0.2) is 0 Å². The van der Waals surface area contributed by atoms with E-state index < -0.39 is 0 Å². The van der Waals surface area contributed by atoms with Crippen LogP contribution in [0.3, 0.4) is 0 Å². The first-order valence-corrected chi connectivity index (χ1v) is 8.61. The van der Waals surface area contributed by atoms with Crippen LogP contribution in [-0.2, 0) is 17.8 Å². The molecule has 3 rings (SSSR count). The quantitative estimate of drug-likeness (QED) is 0.660. The van der Waals surface area contributed by atoms with Gasteiger partial charge in [-0.25, -0.2) is 4.39 Å². The molecule has 4 nitrogen and oxygen atoms in total. The molecule has 0 atom stereocenters. The van der Waals surface area contributed by atoms with Gasteiger partial charge in [0.2, 0.25) is 5.91 Å². The summed E-state index contributed by atoms with van der Waals surface area (Å²) in [5.41, 5.74) is 3.25. The van der Waals surface area contributed by atoms with E-state index in [1.165, 1.54) is 18.4 Å². The Kier molecular flexibility index (Phi) is 5.60. The van der Waals surface area contributed by atoms with E-state index in [0.29, 0.717) is 25.1 Å². The smallest absolute Gasteiger partial charge is 0.220 e. The molecule has 0 fully saturated rings. The number of aromatic nitrogens is 1. The number of rotatable bonds is 6. The van der Waals surface area contributed by atoms with Crippen LogP contribution in [0.15, 0.2) is 63.8 Å². The van der Waals surface area contributed by atoms with Crippen molar-refractivity contribution in [2.45, 2.75) is 19.4 Å². The molecule has 1 N–H and O–H groups in total. The SMILES string of the molecule is O=C(CCc1conc1-c1ccc(F)cc1)NCc1cccc(Br)c1. The van der Waals surface area contributed by atoms with Gasteiger partial charge in [-0.1, -0.05) is 33.2 Å². The Morgan fingerprint density at radius 1 is 1.20 bits per heavy atom. The molecule has 0 unspecified atom stereocenters. The van der Waals surface area contributed by atoms with Crippen LogP contribution >= 0.6 is 15.9 Å². The zero-order valence-electron chi connectivity index (χ0n) is 13.3. The van der Waals surface area contributed by atoms with Gasteiger partial charge in [-0.2, -0.15) is 0 Å². The van der Waals surface area contributed by atoms with Gasteiger partial charge in [-0.15, -0.1) is 0 Å². The number of amides is 1. The summed E-state index contributed by atoms with van der Waals surface area (Å²) >= 11 is 3.41. The van der Waals surface area contributed by atoms with E-state index in [-0.39, 0.29) is 11.7 Å². The molecule has 0 bridgehead atoms. The summed E-state index contributed by atoms with van der Waals surface area (Å²) in [6.45, 7) is 0.479. The molecule has 3 aromatic rings. The van der Waals surface area contributed by atoms with E-state index in [2.05, 4.69) is 26.4 Å². The average Bonchev–Trinajstić information content (AvgIpc) is 3.07. The summed E-state index contributed by atoms with van der Waals surface area (Å²) in [5, 5.41) is 6.86. The second-order valence-corrected chi connectivity index (χ2v) is 6.52. The molecule has 0 saturated carbocycles. The molecule has 0 aliphatic carbocycles. The largest absolute Gasteiger partial charge is 0.364 e. The molecule has 1 aromatic heterocycles. The second-order valence-electron chi connectivity index (χ2n) is 5.60. The molecule has 0 aliphatic heterocycles. The first-order valence-electron chi connectivity index (χ1n) is 7.82. The van der Waals surface area contributed by atoms with Gasteiger partial charge in [0.25, 0.3) is 0 Å². The van der Waals surface area contributed by atoms with Gasteiger partial charge in [0.1, 0.15) is 17.8 Å². The predicted octanol–water partition coefficient (Wildman–Crippen LogP) is 4.49. The summed E-state index contributed by atoms with van der Waals surface area (Å²) < 4.78 is 19.0. The van der Waals surface area contributed by atoms with Crippen LogP contribution in [0, 0.1) is 5.82 Å². The molecule has 128 valence electrons. The number of carbonyl (C=O) groups excluding carboxylic acids is 1. The van der Waals surface area contributed by atoms with Crippen molar-refractivity contribution in [3.8, 4) is 11.3 Å². The number of aryl methyl sites for hydroxylation is 1.